The first kappa shape index (κ1) is 15.0. The number of halogens is 1. The lowest BCUT2D eigenvalue weighted by molar-refractivity contribution is 0.595. The fourth-order valence-corrected chi connectivity index (χ4v) is 2.47. The summed E-state index contributed by atoms with van der Waals surface area (Å²) in [6, 6.07) is 4.24. The standard InChI is InChI=1S/C12H12FN5O2S/c1-18-12(16-10(19)11(20)17-18)21-5-7-3-2-6(9(14)15)4-8(7)13/h2-4H,5H2,1H3,(H3,14,15)(H,17,20). The van der Waals surface area contributed by atoms with Crippen LogP contribution in [0.15, 0.2) is 32.9 Å². The molecule has 0 fully saturated rings. The fourth-order valence-electron chi connectivity index (χ4n) is 1.56. The van der Waals surface area contributed by atoms with Crippen LogP contribution in [-0.4, -0.2) is 20.6 Å². The Labute approximate surface area is 122 Å². The van der Waals surface area contributed by atoms with E-state index in [-0.39, 0.29) is 16.7 Å². The first-order valence-electron chi connectivity index (χ1n) is 5.81. The van der Waals surface area contributed by atoms with Crippen LogP contribution in [0, 0.1) is 11.2 Å². The molecule has 0 aliphatic heterocycles. The van der Waals surface area contributed by atoms with Crippen molar-refractivity contribution in [1.82, 2.24) is 14.8 Å². The van der Waals surface area contributed by atoms with Gasteiger partial charge in [0.25, 0.3) is 0 Å². The lowest BCUT2D eigenvalue weighted by Crippen LogP contribution is -2.33. The summed E-state index contributed by atoms with van der Waals surface area (Å²) in [5.41, 5.74) is 4.27. The van der Waals surface area contributed by atoms with Crippen molar-refractivity contribution in [2.45, 2.75) is 10.9 Å². The van der Waals surface area contributed by atoms with Gasteiger partial charge in [-0.15, -0.1) is 0 Å². The molecule has 0 aliphatic carbocycles. The first-order chi connectivity index (χ1) is 9.88. The zero-order valence-corrected chi connectivity index (χ0v) is 11.8. The molecule has 0 atom stereocenters. The highest BCUT2D eigenvalue weighted by molar-refractivity contribution is 7.98. The quantitative estimate of drug-likeness (QED) is 0.322. The molecule has 0 aliphatic rings. The van der Waals surface area contributed by atoms with Crippen LogP contribution >= 0.6 is 11.8 Å². The van der Waals surface area contributed by atoms with Crippen molar-refractivity contribution in [3.8, 4) is 0 Å². The highest BCUT2D eigenvalue weighted by Gasteiger charge is 2.09. The molecule has 0 bridgehead atoms. The number of nitrogens with two attached hydrogens (primary N) is 1. The van der Waals surface area contributed by atoms with Gasteiger partial charge in [-0.25, -0.2) is 4.39 Å². The zero-order chi connectivity index (χ0) is 15.6. The minimum Gasteiger partial charge on any atom is -0.384 e. The van der Waals surface area contributed by atoms with Crippen LogP contribution < -0.4 is 16.9 Å². The summed E-state index contributed by atoms with van der Waals surface area (Å²) in [6.07, 6.45) is 0. The van der Waals surface area contributed by atoms with Crippen molar-refractivity contribution in [3.05, 3.63) is 55.9 Å². The highest BCUT2D eigenvalue weighted by Crippen LogP contribution is 2.21. The second kappa shape index (κ2) is 5.92. The van der Waals surface area contributed by atoms with Crippen LogP contribution in [0.1, 0.15) is 11.1 Å². The fraction of sp³-hybridized carbons (Fsp3) is 0.167. The number of nitrogens with one attached hydrogen (secondary N) is 2. The maximum Gasteiger partial charge on any atom is 0.339 e. The number of aryl methyl sites for hydroxylation is 1. The molecule has 9 heteroatoms. The number of benzene rings is 1. The Hall–Kier alpha value is -2.42. The molecule has 0 radical (unpaired) electrons. The molecular formula is C12H12FN5O2S. The van der Waals surface area contributed by atoms with Gasteiger partial charge in [0.05, 0.1) is 0 Å². The maximum absolute atomic E-state index is 13.8. The number of aromatic amines is 1. The van der Waals surface area contributed by atoms with Gasteiger partial charge in [-0.3, -0.25) is 24.8 Å². The summed E-state index contributed by atoms with van der Waals surface area (Å²) in [4.78, 5) is 25.9. The zero-order valence-electron chi connectivity index (χ0n) is 11.0. The van der Waals surface area contributed by atoms with Gasteiger partial charge < -0.3 is 5.73 Å². The maximum atomic E-state index is 13.8. The van der Waals surface area contributed by atoms with Gasteiger partial charge in [0.15, 0.2) is 5.16 Å². The van der Waals surface area contributed by atoms with E-state index in [0.29, 0.717) is 11.1 Å². The van der Waals surface area contributed by atoms with Crippen LogP contribution in [-0.2, 0) is 12.8 Å². The van der Waals surface area contributed by atoms with Gasteiger partial charge in [-0.1, -0.05) is 23.9 Å². The summed E-state index contributed by atoms with van der Waals surface area (Å²) in [5, 5.41) is 9.82. The van der Waals surface area contributed by atoms with E-state index in [1.807, 2.05) is 0 Å². The van der Waals surface area contributed by atoms with E-state index in [0.717, 1.165) is 11.8 Å². The third-order valence-electron chi connectivity index (χ3n) is 2.67. The van der Waals surface area contributed by atoms with Gasteiger partial charge in [0.1, 0.15) is 11.7 Å². The van der Waals surface area contributed by atoms with E-state index >= 15 is 0 Å². The summed E-state index contributed by atoms with van der Waals surface area (Å²) in [7, 11) is 1.53. The number of hydrogen-bond acceptors (Lipinski definition) is 5. The molecule has 1 aromatic carbocycles. The molecule has 0 unspecified atom stereocenters. The summed E-state index contributed by atoms with van der Waals surface area (Å²) >= 11 is 1.11. The Bertz CT molecular complexity index is 814. The minimum absolute atomic E-state index is 0.210. The molecule has 0 saturated carbocycles. The number of H-pyrrole nitrogens is 1. The molecule has 4 N–H and O–H groups in total. The summed E-state index contributed by atoms with van der Waals surface area (Å²) < 4.78 is 15.1. The van der Waals surface area contributed by atoms with Gasteiger partial charge in [0.2, 0.25) is 0 Å². The lowest BCUT2D eigenvalue weighted by atomic mass is 10.1. The molecule has 21 heavy (non-hydrogen) atoms. The molecule has 2 rings (SSSR count). The number of nitrogen functional groups attached to an aromatic ring is 1. The van der Waals surface area contributed by atoms with Crippen molar-refractivity contribution < 1.29 is 4.39 Å². The molecule has 0 spiro atoms. The Morgan fingerprint density at radius 1 is 1.52 bits per heavy atom. The van der Waals surface area contributed by atoms with Crippen molar-refractivity contribution in [3.63, 3.8) is 0 Å². The molecular weight excluding hydrogens is 297 g/mol. The van der Waals surface area contributed by atoms with E-state index in [1.54, 1.807) is 6.07 Å². The Kier molecular flexibility index (Phi) is 4.22. The van der Waals surface area contributed by atoms with Crippen LogP contribution in [0.4, 0.5) is 4.39 Å². The van der Waals surface area contributed by atoms with Crippen molar-refractivity contribution in [1.29, 1.82) is 5.41 Å². The number of amidine groups is 1. The third kappa shape index (κ3) is 3.37. The summed E-state index contributed by atoms with van der Waals surface area (Å²) in [5.74, 6) is -0.487. The van der Waals surface area contributed by atoms with Gasteiger partial charge >= 0.3 is 11.1 Å². The first-order valence-corrected chi connectivity index (χ1v) is 6.80. The molecule has 0 saturated heterocycles. The number of nitrogens with zero attached hydrogens (tertiary/aromatic N) is 2. The predicted molar refractivity (Wildman–Crippen MR) is 77.1 cm³/mol. The van der Waals surface area contributed by atoms with Crippen LogP contribution in [0.2, 0.25) is 0 Å². The van der Waals surface area contributed by atoms with E-state index in [9.17, 15) is 14.0 Å². The van der Waals surface area contributed by atoms with Gasteiger partial charge in [-0.05, 0) is 11.6 Å². The monoisotopic (exact) mass is 309 g/mol. The van der Waals surface area contributed by atoms with Crippen LogP contribution in [0.5, 0.6) is 0 Å². The molecule has 1 aromatic heterocycles. The van der Waals surface area contributed by atoms with E-state index in [4.69, 9.17) is 11.1 Å². The number of aromatic nitrogens is 3. The highest BCUT2D eigenvalue weighted by atomic mass is 32.2. The largest absolute Gasteiger partial charge is 0.384 e. The average molecular weight is 309 g/mol. The van der Waals surface area contributed by atoms with Gasteiger partial charge in [-0.2, -0.15) is 4.98 Å². The second-order valence-corrected chi connectivity index (χ2v) is 5.15. The van der Waals surface area contributed by atoms with Crippen LogP contribution in [0.3, 0.4) is 0 Å². The number of rotatable bonds is 4. The normalized spacial score (nSPS) is 10.6. The molecule has 0 amide bonds. The lowest BCUT2D eigenvalue weighted by Gasteiger charge is -2.07. The second-order valence-electron chi connectivity index (χ2n) is 4.21. The van der Waals surface area contributed by atoms with E-state index < -0.39 is 16.9 Å². The molecule has 1 heterocycles. The van der Waals surface area contributed by atoms with E-state index in [2.05, 4.69) is 10.1 Å². The minimum atomic E-state index is -0.886. The Morgan fingerprint density at radius 3 is 2.86 bits per heavy atom. The topological polar surface area (TPSA) is 118 Å². The third-order valence-corrected chi connectivity index (χ3v) is 3.75. The van der Waals surface area contributed by atoms with Crippen molar-refractivity contribution in [2.75, 3.05) is 0 Å². The number of thioether (sulfide) groups is 1. The SMILES string of the molecule is Cn1[nH]c(=O)c(=O)nc1SCc1ccc(C(=N)N)cc1F. The van der Waals surface area contributed by atoms with Gasteiger partial charge in [0, 0.05) is 18.4 Å². The van der Waals surface area contributed by atoms with Crippen molar-refractivity contribution >= 4 is 17.6 Å². The Morgan fingerprint density at radius 2 is 2.24 bits per heavy atom. The average Bonchev–Trinajstić information content (AvgIpc) is 2.42. The molecule has 2 aromatic rings. The predicted octanol–water partition coefficient (Wildman–Crippen LogP) is 0.184. The van der Waals surface area contributed by atoms with E-state index in [1.165, 1.54) is 23.9 Å². The van der Waals surface area contributed by atoms with Crippen molar-refractivity contribution in [2.24, 2.45) is 12.8 Å². The number of hydrogen-bond donors (Lipinski definition) is 3. The smallest absolute Gasteiger partial charge is 0.339 e. The molecule has 7 nitrogen and oxygen atoms in total. The summed E-state index contributed by atoms with van der Waals surface area (Å²) in [6.45, 7) is 0. The van der Waals surface area contributed by atoms with Crippen LogP contribution in [0.25, 0.3) is 0 Å². The molecule has 110 valence electrons. The Balaban J connectivity index is 2.21.